The first-order chi connectivity index (χ1) is 13.1. The van der Waals surface area contributed by atoms with Gasteiger partial charge in [0.1, 0.15) is 30.7 Å². The Morgan fingerprint density at radius 3 is 2.30 bits per heavy atom. The number of rotatable bonds is 4. The molecule has 6 nitrogen and oxygen atoms in total. The minimum atomic E-state index is 0.563. The Labute approximate surface area is 158 Å². The van der Waals surface area contributed by atoms with Gasteiger partial charge in [-0.25, -0.2) is 9.97 Å². The molecule has 6 heteroatoms. The zero-order chi connectivity index (χ0) is 18.8. The number of hydrogen-bond acceptors (Lipinski definition) is 6. The van der Waals surface area contributed by atoms with Gasteiger partial charge in [0.05, 0.1) is 0 Å². The second kappa shape index (κ2) is 7.15. The largest absolute Gasteiger partial charge is 0.486 e. The van der Waals surface area contributed by atoms with E-state index in [1.54, 1.807) is 0 Å². The molecule has 0 aliphatic carbocycles. The number of aromatic nitrogens is 2. The number of anilines is 4. The van der Waals surface area contributed by atoms with Gasteiger partial charge in [-0.1, -0.05) is 17.7 Å². The highest BCUT2D eigenvalue weighted by atomic mass is 16.6. The fraction of sp³-hybridized carbons (Fsp3) is 0.238. The fourth-order valence-electron chi connectivity index (χ4n) is 3.06. The third-order valence-electron chi connectivity index (χ3n) is 4.30. The minimum absolute atomic E-state index is 0.563. The van der Waals surface area contributed by atoms with E-state index in [4.69, 9.17) is 9.47 Å². The summed E-state index contributed by atoms with van der Waals surface area (Å²) in [4.78, 5) is 8.98. The van der Waals surface area contributed by atoms with Crippen LogP contribution in [-0.4, -0.2) is 23.2 Å². The van der Waals surface area contributed by atoms with Crippen LogP contribution in [0.3, 0.4) is 0 Å². The van der Waals surface area contributed by atoms with Crippen molar-refractivity contribution in [2.75, 3.05) is 23.8 Å². The van der Waals surface area contributed by atoms with Crippen LogP contribution in [0.4, 0.5) is 23.0 Å². The Kier molecular flexibility index (Phi) is 4.54. The number of hydrogen-bond donors (Lipinski definition) is 2. The summed E-state index contributed by atoms with van der Waals surface area (Å²) in [5, 5.41) is 6.70. The van der Waals surface area contributed by atoms with Gasteiger partial charge in [-0.2, -0.15) is 0 Å². The predicted molar refractivity (Wildman–Crippen MR) is 107 cm³/mol. The molecule has 0 saturated heterocycles. The molecular weight excluding hydrogens is 340 g/mol. The van der Waals surface area contributed by atoms with E-state index in [1.165, 1.54) is 11.1 Å². The second-order valence-electron chi connectivity index (χ2n) is 6.61. The van der Waals surface area contributed by atoms with Crippen LogP contribution in [0, 0.1) is 20.8 Å². The lowest BCUT2D eigenvalue weighted by Crippen LogP contribution is -2.15. The molecule has 3 aromatic rings. The summed E-state index contributed by atoms with van der Waals surface area (Å²) in [6.45, 7) is 7.19. The summed E-state index contributed by atoms with van der Waals surface area (Å²) in [5.41, 5.74) is 4.32. The number of fused-ring (bicyclic) bond motifs is 1. The molecule has 0 atom stereocenters. The van der Waals surface area contributed by atoms with Gasteiger partial charge in [0.15, 0.2) is 11.5 Å². The zero-order valence-electron chi connectivity index (χ0n) is 15.7. The molecule has 1 aliphatic rings. The molecule has 1 aliphatic heterocycles. The average molecular weight is 362 g/mol. The van der Waals surface area contributed by atoms with Crippen LogP contribution in [0.1, 0.15) is 17.0 Å². The van der Waals surface area contributed by atoms with Crippen LogP contribution in [-0.2, 0) is 0 Å². The Morgan fingerprint density at radius 1 is 0.778 bits per heavy atom. The van der Waals surface area contributed by atoms with Crippen molar-refractivity contribution in [1.29, 1.82) is 0 Å². The van der Waals surface area contributed by atoms with Crippen molar-refractivity contribution in [2.45, 2.75) is 20.8 Å². The van der Waals surface area contributed by atoms with E-state index >= 15 is 0 Å². The molecule has 0 amide bonds. The van der Waals surface area contributed by atoms with Gasteiger partial charge in [-0.15, -0.1) is 0 Å². The maximum absolute atomic E-state index is 5.64. The fourth-order valence-corrected chi connectivity index (χ4v) is 3.06. The summed E-state index contributed by atoms with van der Waals surface area (Å²) in [7, 11) is 0. The third-order valence-corrected chi connectivity index (χ3v) is 4.30. The molecule has 2 heterocycles. The highest BCUT2D eigenvalue weighted by Crippen LogP contribution is 2.33. The Hall–Kier alpha value is -3.28. The van der Waals surface area contributed by atoms with E-state index in [0.29, 0.717) is 24.9 Å². The quantitative estimate of drug-likeness (QED) is 0.703. The number of aryl methyl sites for hydroxylation is 3. The van der Waals surface area contributed by atoms with Crippen LogP contribution in [0.2, 0.25) is 0 Å². The standard InChI is InChI=1S/C21H22N4O2/c1-13-4-6-17(14(2)10-13)25-21-12-20(22-15(3)23-21)24-16-5-7-18-19(11-16)27-9-8-26-18/h4-7,10-12H,8-9H2,1-3H3,(H2,22,23,24,25). The summed E-state index contributed by atoms with van der Waals surface area (Å²) < 4.78 is 11.2. The molecule has 2 N–H and O–H groups in total. The summed E-state index contributed by atoms with van der Waals surface area (Å²) in [6, 6.07) is 14.0. The Morgan fingerprint density at radius 2 is 1.52 bits per heavy atom. The first kappa shape index (κ1) is 17.1. The maximum atomic E-state index is 5.64. The van der Waals surface area contributed by atoms with Crippen molar-refractivity contribution in [2.24, 2.45) is 0 Å². The Balaban J connectivity index is 1.57. The molecule has 27 heavy (non-hydrogen) atoms. The SMILES string of the molecule is Cc1ccc(Nc2cc(Nc3ccc4c(c3)OCCO4)nc(C)n2)c(C)c1. The van der Waals surface area contributed by atoms with E-state index in [1.807, 2.05) is 31.2 Å². The molecular formula is C21H22N4O2. The van der Waals surface area contributed by atoms with Gasteiger partial charge in [0.25, 0.3) is 0 Å². The first-order valence-electron chi connectivity index (χ1n) is 8.93. The number of ether oxygens (including phenoxy) is 2. The highest BCUT2D eigenvalue weighted by molar-refractivity contribution is 5.66. The summed E-state index contributed by atoms with van der Waals surface area (Å²) >= 11 is 0. The molecule has 0 spiro atoms. The summed E-state index contributed by atoms with van der Waals surface area (Å²) in [6.07, 6.45) is 0. The molecule has 0 unspecified atom stereocenters. The van der Waals surface area contributed by atoms with Crippen LogP contribution in [0.5, 0.6) is 11.5 Å². The third kappa shape index (κ3) is 3.95. The van der Waals surface area contributed by atoms with E-state index in [9.17, 15) is 0 Å². The molecule has 0 bridgehead atoms. The van der Waals surface area contributed by atoms with Crippen LogP contribution >= 0.6 is 0 Å². The van der Waals surface area contributed by atoms with E-state index in [-0.39, 0.29) is 0 Å². The van der Waals surface area contributed by atoms with Crippen molar-refractivity contribution in [3.8, 4) is 11.5 Å². The lowest BCUT2D eigenvalue weighted by atomic mass is 10.1. The first-order valence-corrected chi connectivity index (χ1v) is 8.93. The molecule has 0 fully saturated rings. The van der Waals surface area contributed by atoms with Crippen molar-refractivity contribution in [3.05, 3.63) is 59.4 Å². The molecule has 1 aromatic heterocycles. The predicted octanol–water partition coefficient (Wildman–Crippen LogP) is 4.66. The van der Waals surface area contributed by atoms with Crippen LogP contribution < -0.4 is 20.1 Å². The topological polar surface area (TPSA) is 68.3 Å². The average Bonchev–Trinajstić information content (AvgIpc) is 2.63. The molecule has 0 radical (unpaired) electrons. The lowest BCUT2D eigenvalue weighted by molar-refractivity contribution is 0.171. The normalized spacial score (nSPS) is 12.6. The van der Waals surface area contributed by atoms with Crippen molar-refractivity contribution >= 4 is 23.0 Å². The number of benzene rings is 2. The number of nitrogens with one attached hydrogen (secondary N) is 2. The van der Waals surface area contributed by atoms with Gasteiger partial charge in [-0.05, 0) is 44.5 Å². The lowest BCUT2D eigenvalue weighted by Gasteiger charge is -2.19. The van der Waals surface area contributed by atoms with Crippen LogP contribution in [0.25, 0.3) is 0 Å². The van der Waals surface area contributed by atoms with Gasteiger partial charge in [0.2, 0.25) is 0 Å². The van der Waals surface area contributed by atoms with E-state index in [2.05, 4.69) is 52.6 Å². The monoisotopic (exact) mass is 362 g/mol. The number of nitrogens with zero attached hydrogens (tertiary/aromatic N) is 2. The van der Waals surface area contributed by atoms with E-state index < -0.39 is 0 Å². The smallest absolute Gasteiger partial charge is 0.163 e. The Bertz CT molecular complexity index is 988. The second-order valence-corrected chi connectivity index (χ2v) is 6.61. The molecule has 0 saturated carbocycles. The zero-order valence-corrected chi connectivity index (χ0v) is 15.7. The molecule has 4 rings (SSSR count). The maximum Gasteiger partial charge on any atom is 0.163 e. The van der Waals surface area contributed by atoms with E-state index in [0.717, 1.165) is 28.7 Å². The van der Waals surface area contributed by atoms with Gasteiger partial charge < -0.3 is 20.1 Å². The minimum Gasteiger partial charge on any atom is -0.486 e. The van der Waals surface area contributed by atoms with Gasteiger partial charge >= 0.3 is 0 Å². The van der Waals surface area contributed by atoms with Gasteiger partial charge in [-0.3, -0.25) is 0 Å². The molecule has 138 valence electrons. The van der Waals surface area contributed by atoms with Crippen molar-refractivity contribution in [1.82, 2.24) is 9.97 Å². The van der Waals surface area contributed by atoms with Crippen molar-refractivity contribution in [3.63, 3.8) is 0 Å². The highest BCUT2D eigenvalue weighted by Gasteiger charge is 2.12. The van der Waals surface area contributed by atoms with Gasteiger partial charge in [0, 0.05) is 23.5 Å². The van der Waals surface area contributed by atoms with Crippen molar-refractivity contribution < 1.29 is 9.47 Å². The summed E-state index contributed by atoms with van der Waals surface area (Å²) in [5.74, 6) is 3.65. The molecule has 2 aromatic carbocycles. The van der Waals surface area contributed by atoms with Crippen LogP contribution in [0.15, 0.2) is 42.5 Å².